The van der Waals surface area contributed by atoms with Crippen LogP contribution in [-0.2, 0) is 22.0 Å². The van der Waals surface area contributed by atoms with Crippen LogP contribution >= 0.6 is 22.7 Å². The van der Waals surface area contributed by atoms with Crippen LogP contribution in [0.1, 0.15) is 23.6 Å². The van der Waals surface area contributed by atoms with Crippen molar-refractivity contribution >= 4 is 32.7 Å². The summed E-state index contributed by atoms with van der Waals surface area (Å²) in [5.74, 6) is 0. The second-order valence-corrected chi connectivity index (χ2v) is 9.11. The molecule has 0 bridgehead atoms. The highest BCUT2D eigenvalue weighted by Gasteiger charge is 2.26. The van der Waals surface area contributed by atoms with Crippen molar-refractivity contribution in [3.8, 4) is 0 Å². The average Bonchev–Trinajstić information content (AvgIpc) is 3.08. The average molecular weight is 345 g/mol. The highest BCUT2D eigenvalue weighted by Crippen LogP contribution is 2.28. The summed E-state index contributed by atoms with van der Waals surface area (Å²) in [6.07, 6.45) is 0. The lowest BCUT2D eigenvalue weighted by atomic mass is 9.92. The van der Waals surface area contributed by atoms with Gasteiger partial charge in [0.05, 0.1) is 4.90 Å². The molecule has 0 aliphatic heterocycles. The van der Waals surface area contributed by atoms with Gasteiger partial charge in [-0.05, 0) is 29.9 Å². The summed E-state index contributed by atoms with van der Waals surface area (Å²) in [6, 6.07) is 5.69. The van der Waals surface area contributed by atoms with Gasteiger partial charge in [-0.15, -0.1) is 22.7 Å². The predicted octanol–water partition coefficient (Wildman–Crippen LogP) is 2.79. The molecule has 0 aromatic carbocycles. The van der Waals surface area contributed by atoms with Gasteiger partial charge in [0, 0.05) is 28.3 Å². The molecule has 0 aliphatic rings. The highest BCUT2D eigenvalue weighted by atomic mass is 32.2. The van der Waals surface area contributed by atoms with Gasteiger partial charge in [-0.1, -0.05) is 19.9 Å². The molecular formula is C14H20N2O2S3. The fourth-order valence-corrected chi connectivity index (χ4v) is 5.48. The third-order valence-corrected chi connectivity index (χ3v) is 7.00. The Morgan fingerprint density at radius 1 is 1.19 bits per heavy atom. The lowest BCUT2D eigenvalue weighted by Gasteiger charge is -2.23. The third-order valence-electron chi connectivity index (χ3n) is 3.22. The zero-order chi connectivity index (χ0) is 15.5. The Morgan fingerprint density at radius 3 is 2.57 bits per heavy atom. The molecule has 0 radical (unpaired) electrons. The largest absolute Gasteiger partial charge is 0.315 e. The van der Waals surface area contributed by atoms with Crippen molar-refractivity contribution in [3.05, 3.63) is 38.7 Å². The molecule has 0 saturated heterocycles. The highest BCUT2D eigenvalue weighted by molar-refractivity contribution is 7.89. The Labute approximate surface area is 134 Å². The van der Waals surface area contributed by atoms with Crippen molar-refractivity contribution in [2.75, 3.05) is 13.6 Å². The minimum Gasteiger partial charge on any atom is -0.315 e. The molecule has 0 fully saturated rings. The van der Waals surface area contributed by atoms with E-state index in [2.05, 4.69) is 10.0 Å². The normalized spacial score (nSPS) is 12.7. The minimum atomic E-state index is -3.47. The van der Waals surface area contributed by atoms with E-state index < -0.39 is 10.0 Å². The first-order chi connectivity index (χ1) is 9.87. The molecule has 2 aromatic heterocycles. The molecule has 116 valence electrons. The number of hydrogen-bond acceptors (Lipinski definition) is 5. The van der Waals surface area contributed by atoms with Gasteiger partial charge >= 0.3 is 0 Å². The van der Waals surface area contributed by atoms with Crippen LogP contribution in [0.3, 0.4) is 0 Å². The maximum Gasteiger partial charge on any atom is 0.241 e. The summed E-state index contributed by atoms with van der Waals surface area (Å²) in [5, 5.41) is 6.82. The predicted molar refractivity (Wildman–Crippen MR) is 89.6 cm³/mol. The second-order valence-electron chi connectivity index (χ2n) is 5.42. The summed E-state index contributed by atoms with van der Waals surface area (Å²) < 4.78 is 27.7. The summed E-state index contributed by atoms with van der Waals surface area (Å²) in [5.41, 5.74) is -0.222. The maximum atomic E-state index is 12.5. The van der Waals surface area contributed by atoms with Crippen LogP contribution in [0.15, 0.2) is 33.9 Å². The molecule has 2 rings (SSSR count). The summed E-state index contributed by atoms with van der Waals surface area (Å²) in [7, 11) is -1.66. The van der Waals surface area contributed by atoms with Crippen molar-refractivity contribution in [3.63, 3.8) is 0 Å². The molecule has 7 heteroatoms. The first-order valence-corrected chi connectivity index (χ1v) is 9.86. The molecule has 0 spiro atoms. The SMILES string of the molecule is CNCc1sccc1S(=O)(=O)NCC(C)(C)c1cccs1. The molecule has 0 unspecified atom stereocenters. The van der Waals surface area contributed by atoms with E-state index >= 15 is 0 Å². The van der Waals surface area contributed by atoms with Crippen molar-refractivity contribution < 1.29 is 8.42 Å². The number of hydrogen-bond donors (Lipinski definition) is 2. The van der Waals surface area contributed by atoms with Gasteiger partial charge < -0.3 is 5.32 Å². The van der Waals surface area contributed by atoms with E-state index in [1.807, 2.05) is 43.8 Å². The van der Waals surface area contributed by atoms with E-state index in [0.717, 1.165) is 4.88 Å². The third kappa shape index (κ3) is 3.92. The van der Waals surface area contributed by atoms with E-state index in [1.165, 1.54) is 16.2 Å². The van der Waals surface area contributed by atoms with Crippen molar-refractivity contribution in [2.24, 2.45) is 0 Å². The van der Waals surface area contributed by atoms with Crippen molar-refractivity contribution in [1.29, 1.82) is 0 Å². The Balaban J connectivity index is 2.13. The lowest BCUT2D eigenvalue weighted by Crippen LogP contribution is -2.36. The lowest BCUT2D eigenvalue weighted by molar-refractivity contribution is 0.509. The Kier molecular flexibility index (Phi) is 5.21. The van der Waals surface area contributed by atoms with E-state index in [-0.39, 0.29) is 5.41 Å². The molecule has 21 heavy (non-hydrogen) atoms. The van der Waals surface area contributed by atoms with Gasteiger partial charge in [-0.3, -0.25) is 0 Å². The van der Waals surface area contributed by atoms with Gasteiger partial charge in [0.25, 0.3) is 0 Å². The molecule has 4 nitrogen and oxygen atoms in total. The van der Waals surface area contributed by atoms with Gasteiger partial charge in [-0.25, -0.2) is 13.1 Å². The van der Waals surface area contributed by atoms with Crippen molar-refractivity contribution in [1.82, 2.24) is 10.0 Å². The number of thiophene rings is 2. The zero-order valence-corrected chi connectivity index (χ0v) is 14.8. The summed E-state index contributed by atoms with van der Waals surface area (Å²) in [4.78, 5) is 2.38. The smallest absolute Gasteiger partial charge is 0.241 e. The molecule has 0 atom stereocenters. The maximum absolute atomic E-state index is 12.5. The molecule has 2 aromatic rings. The Hall–Kier alpha value is -0.730. The monoisotopic (exact) mass is 344 g/mol. The fraction of sp³-hybridized carbons (Fsp3) is 0.429. The van der Waals surface area contributed by atoms with Crippen LogP contribution in [0.25, 0.3) is 0 Å². The summed E-state index contributed by atoms with van der Waals surface area (Å²) in [6.45, 7) is 5.03. The second kappa shape index (κ2) is 6.58. The van der Waals surface area contributed by atoms with Gasteiger partial charge in [0.2, 0.25) is 10.0 Å². The Bertz CT molecular complexity index is 673. The standard InChI is InChI=1S/C14H20N2O2S3/c1-14(2,13-5-4-7-20-13)10-16-21(17,18)12-6-8-19-11(12)9-15-3/h4-8,15-16H,9-10H2,1-3H3. The molecular weight excluding hydrogens is 324 g/mol. The molecule has 0 aliphatic carbocycles. The van der Waals surface area contributed by atoms with E-state index in [0.29, 0.717) is 18.0 Å². The molecule has 0 saturated carbocycles. The van der Waals surface area contributed by atoms with Crippen LogP contribution < -0.4 is 10.0 Å². The molecule has 2 heterocycles. The molecule has 0 amide bonds. The van der Waals surface area contributed by atoms with Gasteiger partial charge in [0.15, 0.2) is 0 Å². The van der Waals surface area contributed by atoms with Crippen molar-refractivity contribution in [2.45, 2.75) is 30.7 Å². The van der Waals surface area contributed by atoms with Crippen LogP contribution in [-0.4, -0.2) is 22.0 Å². The number of sulfonamides is 1. The van der Waals surface area contributed by atoms with Crippen LogP contribution in [0, 0.1) is 0 Å². The summed E-state index contributed by atoms with van der Waals surface area (Å²) >= 11 is 3.10. The molecule has 2 N–H and O–H groups in total. The van der Waals surface area contributed by atoms with Gasteiger partial charge in [0.1, 0.15) is 0 Å². The fourth-order valence-electron chi connectivity index (χ4n) is 1.96. The quantitative estimate of drug-likeness (QED) is 0.812. The van der Waals surface area contributed by atoms with Gasteiger partial charge in [-0.2, -0.15) is 0 Å². The first kappa shape index (κ1) is 16.6. The first-order valence-electron chi connectivity index (χ1n) is 6.61. The van der Waals surface area contributed by atoms with Crippen LogP contribution in [0.4, 0.5) is 0 Å². The Morgan fingerprint density at radius 2 is 1.95 bits per heavy atom. The zero-order valence-electron chi connectivity index (χ0n) is 12.3. The minimum absolute atomic E-state index is 0.222. The van der Waals surface area contributed by atoms with Crippen LogP contribution in [0.2, 0.25) is 0 Å². The van der Waals surface area contributed by atoms with E-state index in [1.54, 1.807) is 17.4 Å². The number of rotatable bonds is 7. The number of nitrogens with one attached hydrogen (secondary N) is 2. The van der Waals surface area contributed by atoms with E-state index in [9.17, 15) is 8.42 Å². The van der Waals surface area contributed by atoms with E-state index in [4.69, 9.17) is 0 Å². The van der Waals surface area contributed by atoms with Crippen LogP contribution in [0.5, 0.6) is 0 Å². The topological polar surface area (TPSA) is 58.2 Å².